The molecule has 122 valence electrons. The lowest BCUT2D eigenvalue weighted by atomic mass is 10.1. The van der Waals surface area contributed by atoms with Crippen LogP contribution in [-0.4, -0.2) is 46.5 Å². The van der Waals surface area contributed by atoms with Gasteiger partial charge in [0, 0.05) is 6.42 Å². The Morgan fingerprint density at radius 1 is 0.952 bits per heavy atom. The summed E-state index contributed by atoms with van der Waals surface area (Å²) in [5, 5.41) is 17.9. The molecule has 21 heavy (non-hydrogen) atoms. The lowest BCUT2D eigenvalue weighted by molar-refractivity contribution is -0.274. The molecule has 0 aliphatic carbocycles. The summed E-state index contributed by atoms with van der Waals surface area (Å²) in [7, 11) is 0. The number of hydrogen-bond donors (Lipinski definition) is 3. The van der Waals surface area contributed by atoms with Crippen molar-refractivity contribution >= 4 is 17.8 Å². The van der Waals surface area contributed by atoms with Gasteiger partial charge in [-0.25, -0.2) is 4.79 Å². The molecule has 1 atom stereocenters. The molecule has 0 saturated heterocycles. The molecule has 0 saturated carbocycles. The van der Waals surface area contributed by atoms with Gasteiger partial charge >= 0.3 is 24.3 Å². The maximum Gasteiger partial charge on any atom is 0.409 e. The van der Waals surface area contributed by atoms with Crippen LogP contribution in [0.2, 0.25) is 0 Å². The molecular weight excluding hydrogens is 316 g/mol. The number of carboxylic acids is 2. The second-order valence-corrected chi connectivity index (χ2v) is 3.85. The number of carbonyl (C=O) groups is 3. The van der Waals surface area contributed by atoms with Crippen LogP contribution in [0.15, 0.2) is 0 Å². The highest BCUT2D eigenvalue weighted by atomic mass is 19.4. The Morgan fingerprint density at radius 2 is 1.38 bits per heavy atom. The normalized spacial score (nSPS) is 13.9. The van der Waals surface area contributed by atoms with E-state index in [0.29, 0.717) is 0 Å². The Hall–Kier alpha value is -2.01. The second-order valence-electron chi connectivity index (χ2n) is 3.85. The van der Waals surface area contributed by atoms with E-state index in [1.54, 1.807) is 0 Å². The summed E-state index contributed by atoms with van der Waals surface area (Å²) in [6.45, 7) is 0. The zero-order valence-corrected chi connectivity index (χ0v) is 9.96. The van der Waals surface area contributed by atoms with E-state index in [1.807, 2.05) is 0 Å². The van der Waals surface area contributed by atoms with Crippen LogP contribution in [0.3, 0.4) is 0 Å². The lowest BCUT2D eigenvalue weighted by Crippen LogP contribution is -2.52. The van der Waals surface area contributed by atoms with Gasteiger partial charge in [-0.2, -0.15) is 26.3 Å². The standard InChI is InChI=1S/C9H9F6NO5/c10-8(11,12)5(9(13,14)15)6(19)16-3(7(20)21)1-2-4(17)18/h3,5H,1-2H2,(H,16,19)(H,17,18)(H,20,21). The third kappa shape index (κ3) is 6.31. The fourth-order valence-corrected chi connectivity index (χ4v) is 1.26. The number of rotatable bonds is 6. The largest absolute Gasteiger partial charge is 0.481 e. The minimum absolute atomic E-state index is 0.861. The van der Waals surface area contributed by atoms with Crippen molar-refractivity contribution in [3.05, 3.63) is 0 Å². The molecule has 0 fully saturated rings. The number of carboxylic acid groups (broad SMARTS) is 2. The van der Waals surface area contributed by atoms with Crippen LogP contribution in [-0.2, 0) is 14.4 Å². The van der Waals surface area contributed by atoms with Crippen molar-refractivity contribution in [2.75, 3.05) is 0 Å². The van der Waals surface area contributed by atoms with Crippen LogP contribution in [0.1, 0.15) is 12.8 Å². The van der Waals surface area contributed by atoms with Gasteiger partial charge < -0.3 is 15.5 Å². The highest BCUT2D eigenvalue weighted by Gasteiger charge is 2.61. The van der Waals surface area contributed by atoms with E-state index in [-0.39, 0.29) is 0 Å². The molecule has 1 amide bonds. The Morgan fingerprint density at radius 3 is 1.67 bits per heavy atom. The summed E-state index contributed by atoms with van der Waals surface area (Å²) in [6, 6.07) is -2.18. The minimum Gasteiger partial charge on any atom is -0.481 e. The molecule has 0 bridgehead atoms. The quantitative estimate of drug-likeness (QED) is 0.636. The van der Waals surface area contributed by atoms with E-state index in [1.165, 1.54) is 0 Å². The Labute approximate surface area is 112 Å². The van der Waals surface area contributed by atoms with Crippen LogP contribution >= 0.6 is 0 Å². The van der Waals surface area contributed by atoms with Gasteiger partial charge in [0.15, 0.2) is 0 Å². The highest BCUT2D eigenvalue weighted by Crippen LogP contribution is 2.39. The van der Waals surface area contributed by atoms with Crippen molar-refractivity contribution < 1.29 is 50.9 Å². The molecule has 0 aromatic carbocycles. The molecule has 0 spiro atoms. The number of halogens is 6. The summed E-state index contributed by atoms with van der Waals surface area (Å²) in [5.74, 6) is -10.5. The minimum atomic E-state index is -5.96. The molecule has 12 heteroatoms. The Kier molecular flexibility index (Phi) is 5.99. The molecule has 0 rings (SSSR count). The van der Waals surface area contributed by atoms with Crippen LogP contribution in [0.5, 0.6) is 0 Å². The average Bonchev–Trinajstić information content (AvgIpc) is 2.18. The average molecular weight is 325 g/mol. The summed E-state index contributed by atoms with van der Waals surface area (Å²) < 4.78 is 73.3. The first-order chi connectivity index (χ1) is 9.26. The highest BCUT2D eigenvalue weighted by molar-refractivity contribution is 5.86. The first-order valence-corrected chi connectivity index (χ1v) is 5.15. The van der Waals surface area contributed by atoms with Crippen molar-refractivity contribution in [2.45, 2.75) is 31.2 Å². The molecule has 1 unspecified atom stereocenters. The molecule has 0 aromatic heterocycles. The van der Waals surface area contributed by atoms with Crippen molar-refractivity contribution in [3.63, 3.8) is 0 Å². The van der Waals surface area contributed by atoms with Gasteiger partial charge in [0.2, 0.25) is 11.8 Å². The van der Waals surface area contributed by atoms with Gasteiger partial charge in [-0.3, -0.25) is 9.59 Å². The number of hydrogen-bond acceptors (Lipinski definition) is 3. The zero-order chi connectivity index (χ0) is 17.0. The molecule has 0 aromatic rings. The van der Waals surface area contributed by atoms with Crippen LogP contribution in [0, 0.1) is 5.92 Å². The van der Waals surface area contributed by atoms with Gasteiger partial charge in [0.05, 0.1) is 0 Å². The first-order valence-electron chi connectivity index (χ1n) is 5.15. The third-order valence-electron chi connectivity index (χ3n) is 2.18. The van der Waals surface area contributed by atoms with Crippen LogP contribution in [0.25, 0.3) is 0 Å². The molecule has 0 radical (unpaired) electrons. The van der Waals surface area contributed by atoms with Gasteiger partial charge in [0.1, 0.15) is 6.04 Å². The van der Waals surface area contributed by atoms with Gasteiger partial charge in [-0.1, -0.05) is 0 Å². The number of amides is 1. The SMILES string of the molecule is O=C(O)CCC(NC(=O)C(C(F)(F)F)C(F)(F)F)C(=O)O. The fourth-order valence-electron chi connectivity index (χ4n) is 1.26. The topological polar surface area (TPSA) is 104 Å². The molecule has 0 aliphatic rings. The van der Waals surface area contributed by atoms with Gasteiger partial charge in [-0.15, -0.1) is 0 Å². The number of nitrogens with one attached hydrogen (secondary N) is 1. The van der Waals surface area contributed by atoms with Crippen LogP contribution in [0.4, 0.5) is 26.3 Å². The smallest absolute Gasteiger partial charge is 0.409 e. The Balaban J connectivity index is 5.10. The summed E-state index contributed by atoms with van der Waals surface area (Å²) in [5.41, 5.74) is 0. The predicted molar refractivity (Wildman–Crippen MR) is 52.0 cm³/mol. The monoisotopic (exact) mass is 325 g/mol. The van der Waals surface area contributed by atoms with E-state index < -0.39 is 55.0 Å². The zero-order valence-electron chi connectivity index (χ0n) is 9.96. The van der Waals surface area contributed by atoms with E-state index >= 15 is 0 Å². The van der Waals surface area contributed by atoms with Crippen molar-refractivity contribution in [3.8, 4) is 0 Å². The van der Waals surface area contributed by atoms with E-state index in [4.69, 9.17) is 10.2 Å². The maximum atomic E-state index is 12.2. The molecule has 3 N–H and O–H groups in total. The van der Waals surface area contributed by atoms with Crippen molar-refractivity contribution in [1.29, 1.82) is 0 Å². The van der Waals surface area contributed by atoms with Crippen LogP contribution < -0.4 is 5.32 Å². The third-order valence-corrected chi connectivity index (χ3v) is 2.18. The summed E-state index contributed by atoms with van der Waals surface area (Å²) >= 11 is 0. The van der Waals surface area contributed by atoms with Crippen molar-refractivity contribution in [2.24, 2.45) is 5.92 Å². The van der Waals surface area contributed by atoms with E-state index in [2.05, 4.69) is 0 Å². The fraction of sp³-hybridized carbons (Fsp3) is 0.667. The predicted octanol–water partition coefficient (Wildman–Crippen LogP) is 1.16. The lowest BCUT2D eigenvalue weighted by Gasteiger charge is -2.23. The van der Waals surface area contributed by atoms with E-state index in [0.717, 1.165) is 5.32 Å². The van der Waals surface area contributed by atoms with E-state index in [9.17, 15) is 40.7 Å². The maximum absolute atomic E-state index is 12.2. The molecular formula is C9H9F6NO5. The van der Waals surface area contributed by atoms with Gasteiger partial charge in [0.25, 0.3) is 0 Å². The molecule has 6 nitrogen and oxygen atoms in total. The van der Waals surface area contributed by atoms with Crippen molar-refractivity contribution in [1.82, 2.24) is 5.32 Å². The summed E-state index contributed by atoms with van der Waals surface area (Å²) in [4.78, 5) is 31.8. The second kappa shape index (κ2) is 6.63. The first kappa shape index (κ1) is 19.0. The molecule has 0 aliphatic heterocycles. The number of carbonyl (C=O) groups excluding carboxylic acids is 1. The number of alkyl halides is 6. The number of aliphatic carboxylic acids is 2. The summed E-state index contributed by atoms with van der Waals surface area (Å²) in [6.07, 6.45) is -13.6. The van der Waals surface area contributed by atoms with Gasteiger partial charge in [-0.05, 0) is 6.42 Å². The Bertz CT molecular complexity index is 404. The molecule has 0 heterocycles.